The third-order valence-corrected chi connectivity index (χ3v) is 3.34. The lowest BCUT2D eigenvalue weighted by Crippen LogP contribution is -2.41. The van der Waals surface area contributed by atoms with Crippen LogP contribution in [0.25, 0.3) is 10.9 Å². The highest BCUT2D eigenvalue weighted by atomic mass is 15.2. The van der Waals surface area contributed by atoms with Gasteiger partial charge in [-0.3, -0.25) is 4.98 Å². The van der Waals surface area contributed by atoms with E-state index in [1.807, 2.05) is 12.4 Å². The Bertz CT molecular complexity index is 483. The van der Waals surface area contributed by atoms with Crippen molar-refractivity contribution >= 4 is 10.9 Å². The summed E-state index contributed by atoms with van der Waals surface area (Å²) in [4.78, 5) is 6.43. The summed E-state index contributed by atoms with van der Waals surface area (Å²) in [6.07, 6.45) is 5.91. The van der Waals surface area contributed by atoms with E-state index in [-0.39, 0.29) is 5.54 Å². The fourth-order valence-electron chi connectivity index (χ4n) is 1.72. The number of likely N-dealkylation sites (N-methyl/N-ethyl adjacent to an activating group) is 1. The standard InChI is InChI=1S/C13H19N3/c1-13(2,15(3)4)10-16-8-6-11-5-7-14-9-12(11)16/h5-9H,10H2,1-4H3. The molecular formula is C13H19N3. The van der Waals surface area contributed by atoms with Crippen LogP contribution >= 0.6 is 0 Å². The largest absolute Gasteiger partial charge is 0.344 e. The zero-order valence-electron chi connectivity index (χ0n) is 10.4. The predicted octanol–water partition coefficient (Wildman–Crippen LogP) is 2.38. The Morgan fingerprint density at radius 3 is 2.75 bits per heavy atom. The summed E-state index contributed by atoms with van der Waals surface area (Å²) in [5.74, 6) is 0. The predicted molar refractivity (Wildman–Crippen MR) is 67.5 cm³/mol. The molecule has 0 fully saturated rings. The normalized spacial score (nSPS) is 12.6. The molecule has 0 aliphatic carbocycles. The Hall–Kier alpha value is -1.35. The molecular weight excluding hydrogens is 198 g/mol. The molecule has 86 valence electrons. The van der Waals surface area contributed by atoms with Crippen molar-refractivity contribution in [2.75, 3.05) is 14.1 Å². The zero-order chi connectivity index (χ0) is 11.8. The molecule has 0 saturated carbocycles. The fraction of sp³-hybridized carbons (Fsp3) is 0.462. The summed E-state index contributed by atoms with van der Waals surface area (Å²) in [6.45, 7) is 5.46. The van der Waals surface area contributed by atoms with Crippen molar-refractivity contribution in [2.45, 2.75) is 25.9 Å². The molecule has 0 aliphatic rings. The van der Waals surface area contributed by atoms with E-state index in [9.17, 15) is 0 Å². The van der Waals surface area contributed by atoms with Gasteiger partial charge in [-0.1, -0.05) is 0 Å². The highest BCUT2D eigenvalue weighted by Gasteiger charge is 2.21. The van der Waals surface area contributed by atoms with Gasteiger partial charge in [0.15, 0.2) is 0 Å². The number of rotatable bonds is 3. The van der Waals surface area contributed by atoms with Gasteiger partial charge in [0.1, 0.15) is 0 Å². The van der Waals surface area contributed by atoms with Crippen LogP contribution in [0.4, 0.5) is 0 Å². The summed E-state index contributed by atoms with van der Waals surface area (Å²) < 4.78 is 2.27. The van der Waals surface area contributed by atoms with Gasteiger partial charge in [0.25, 0.3) is 0 Å². The van der Waals surface area contributed by atoms with Gasteiger partial charge < -0.3 is 9.47 Å². The lowest BCUT2D eigenvalue weighted by atomic mass is 10.0. The second-order valence-corrected chi connectivity index (χ2v) is 5.08. The summed E-state index contributed by atoms with van der Waals surface area (Å²) in [7, 11) is 4.23. The lowest BCUT2D eigenvalue weighted by Gasteiger charge is -2.33. The van der Waals surface area contributed by atoms with Crippen LogP contribution in [0, 0.1) is 0 Å². The van der Waals surface area contributed by atoms with Crippen LogP contribution in [0.2, 0.25) is 0 Å². The molecule has 0 atom stereocenters. The van der Waals surface area contributed by atoms with Crippen molar-refractivity contribution in [1.29, 1.82) is 0 Å². The highest BCUT2D eigenvalue weighted by Crippen LogP contribution is 2.19. The van der Waals surface area contributed by atoms with Crippen LogP contribution in [0.3, 0.4) is 0 Å². The van der Waals surface area contributed by atoms with E-state index < -0.39 is 0 Å². The average Bonchev–Trinajstić information content (AvgIpc) is 2.61. The molecule has 0 unspecified atom stereocenters. The lowest BCUT2D eigenvalue weighted by molar-refractivity contribution is 0.171. The SMILES string of the molecule is CN(C)C(C)(C)Cn1ccc2ccncc21. The molecule has 0 amide bonds. The van der Waals surface area contributed by atoms with Crippen LogP contribution in [-0.2, 0) is 6.54 Å². The molecule has 2 heterocycles. The molecule has 0 aliphatic heterocycles. The maximum atomic E-state index is 4.19. The first-order valence-corrected chi connectivity index (χ1v) is 5.57. The molecule has 0 spiro atoms. The van der Waals surface area contributed by atoms with E-state index in [0.29, 0.717) is 0 Å². The zero-order valence-corrected chi connectivity index (χ0v) is 10.4. The fourth-order valence-corrected chi connectivity index (χ4v) is 1.72. The van der Waals surface area contributed by atoms with Crippen molar-refractivity contribution in [3.05, 3.63) is 30.7 Å². The molecule has 0 aromatic carbocycles. The number of hydrogen-bond acceptors (Lipinski definition) is 2. The molecule has 2 rings (SSSR count). The van der Waals surface area contributed by atoms with E-state index >= 15 is 0 Å². The van der Waals surface area contributed by atoms with Gasteiger partial charge in [0.05, 0.1) is 11.7 Å². The van der Waals surface area contributed by atoms with Crippen molar-refractivity contribution in [3.63, 3.8) is 0 Å². The maximum Gasteiger partial charge on any atom is 0.0667 e. The summed E-state index contributed by atoms with van der Waals surface area (Å²) >= 11 is 0. The maximum absolute atomic E-state index is 4.19. The van der Waals surface area contributed by atoms with Crippen LogP contribution in [0.5, 0.6) is 0 Å². The molecule has 0 bridgehead atoms. The van der Waals surface area contributed by atoms with Gasteiger partial charge in [0, 0.05) is 29.9 Å². The van der Waals surface area contributed by atoms with E-state index in [2.05, 4.69) is 60.7 Å². The molecule has 3 nitrogen and oxygen atoms in total. The number of hydrogen-bond donors (Lipinski definition) is 0. The van der Waals surface area contributed by atoms with Gasteiger partial charge in [-0.2, -0.15) is 0 Å². The number of aromatic nitrogens is 2. The van der Waals surface area contributed by atoms with Crippen molar-refractivity contribution in [3.8, 4) is 0 Å². The minimum absolute atomic E-state index is 0.141. The molecule has 0 saturated heterocycles. The molecule has 2 aromatic rings. The Balaban J connectivity index is 2.35. The highest BCUT2D eigenvalue weighted by molar-refractivity contribution is 5.78. The van der Waals surface area contributed by atoms with Crippen molar-refractivity contribution < 1.29 is 0 Å². The Morgan fingerprint density at radius 2 is 2.06 bits per heavy atom. The average molecular weight is 217 g/mol. The Kier molecular flexibility index (Phi) is 2.72. The first kappa shape index (κ1) is 11.1. The minimum atomic E-state index is 0.141. The third kappa shape index (κ3) is 1.95. The van der Waals surface area contributed by atoms with Gasteiger partial charge >= 0.3 is 0 Å². The Labute approximate surface area is 96.7 Å². The van der Waals surface area contributed by atoms with Crippen LogP contribution < -0.4 is 0 Å². The minimum Gasteiger partial charge on any atom is -0.344 e. The van der Waals surface area contributed by atoms with Gasteiger partial charge in [0.2, 0.25) is 0 Å². The molecule has 0 N–H and O–H groups in total. The topological polar surface area (TPSA) is 21.1 Å². The number of fused-ring (bicyclic) bond motifs is 1. The molecule has 16 heavy (non-hydrogen) atoms. The number of pyridine rings is 1. The van der Waals surface area contributed by atoms with E-state index in [4.69, 9.17) is 0 Å². The van der Waals surface area contributed by atoms with Crippen molar-refractivity contribution in [1.82, 2.24) is 14.5 Å². The first-order chi connectivity index (χ1) is 7.50. The quantitative estimate of drug-likeness (QED) is 0.787. The molecule has 2 aromatic heterocycles. The Morgan fingerprint density at radius 1 is 1.31 bits per heavy atom. The van der Waals surface area contributed by atoms with E-state index in [1.54, 1.807) is 0 Å². The summed E-state index contributed by atoms with van der Waals surface area (Å²) in [6, 6.07) is 4.19. The van der Waals surface area contributed by atoms with Gasteiger partial charge in [-0.15, -0.1) is 0 Å². The smallest absolute Gasteiger partial charge is 0.0667 e. The molecule has 0 radical (unpaired) electrons. The first-order valence-electron chi connectivity index (χ1n) is 5.57. The summed E-state index contributed by atoms with van der Waals surface area (Å²) in [5, 5.41) is 1.25. The van der Waals surface area contributed by atoms with Crippen molar-refractivity contribution in [2.24, 2.45) is 0 Å². The van der Waals surface area contributed by atoms with Crippen LogP contribution in [0.1, 0.15) is 13.8 Å². The second kappa shape index (κ2) is 3.91. The van der Waals surface area contributed by atoms with Gasteiger partial charge in [-0.25, -0.2) is 0 Å². The molecule has 3 heteroatoms. The van der Waals surface area contributed by atoms with E-state index in [0.717, 1.165) is 6.54 Å². The van der Waals surface area contributed by atoms with E-state index in [1.165, 1.54) is 10.9 Å². The monoisotopic (exact) mass is 217 g/mol. The number of nitrogens with zero attached hydrogens (tertiary/aromatic N) is 3. The van der Waals surface area contributed by atoms with Crippen LogP contribution in [-0.4, -0.2) is 34.1 Å². The third-order valence-electron chi connectivity index (χ3n) is 3.34. The summed E-state index contributed by atoms with van der Waals surface area (Å²) in [5.41, 5.74) is 1.35. The second-order valence-electron chi connectivity index (χ2n) is 5.08. The van der Waals surface area contributed by atoms with Gasteiger partial charge in [-0.05, 0) is 40.1 Å². The van der Waals surface area contributed by atoms with Crippen LogP contribution in [0.15, 0.2) is 30.7 Å².